The summed E-state index contributed by atoms with van der Waals surface area (Å²) in [5, 5.41) is 15.9. The van der Waals surface area contributed by atoms with Gasteiger partial charge in [0, 0.05) is 43.5 Å². The first-order chi connectivity index (χ1) is 22.0. The highest BCUT2D eigenvalue weighted by Gasteiger charge is 2.22. The minimum absolute atomic E-state index is 0.138. The Hall–Kier alpha value is -5.55. The zero-order valence-electron chi connectivity index (χ0n) is 24.6. The zero-order valence-corrected chi connectivity index (χ0v) is 24.6. The van der Waals surface area contributed by atoms with Crippen molar-refractivity contribution in [1.29, 1.82) is 0 Å². The fraction of sp³-hybridized carbons (Fsp3) is 0.176. The zero-order chi connectivity index (χ0) is 30.9. The second-order valence-corrected chi connectivity index (χ2v) is 11.0. The van der Waals surface area contributed by atoms with Gasteiger partial charge in [-0.05, 0) is 35.4 Å². The van der Waals surface area contributed by atoms with Crippen LogP contribution < -0.4 is 15.8 Å². The van der Waals surface area contributed by atoms with Crippen LogP contribution in [0.4, 0.5) is 10.2 Å². The molecule has 226 valence electrons. The van der Waals surface area contributed by atoms with Crippen molar-refractivity contribution in [1.82, 2.24) is 35.2 Å². The Balaban J connectivity index is 1.10. The smallest absolute Gasteiger partial charge is 0.255 e. The van der Waals surface area contributed by atoms with Gasteiger partial charge >= 0.3 is 0 Å². The van der Waals surface area contributed by atoms with E-state index in [0.717, 1.165) is 71.2 Å². The first-order valence-electron chi connectivity index (χ1n) is 14.6. The Kier molecular flexibility index (Phi) is 7.44. The maximum absolute atomic E-state index is 13.7. The van der Waals surface area contributed by atoms with Crippen LogP contribution in [-0.4, -0.2) is 49.4 Å². The van der Waals surface area contributed by atoms with Crippen LogP contribution in [0.25, 0.3) is 33.4 Å². The number of rotatable bonds is 8. The van der Waals surface area contributed by atoms with Crippen molar-refractivity contribution in [2.24, 2.45) is 0 Å². The molecule has 0 aliphatic carbocycles. The minimum atomic E-state index is -0.508. The summed E-state index contributed by atoms with van der Waals surface area (Å²) >= 11 is 0. The maximum atomic E-state index is 13.7. The predicted molar refractivity (Wildman–Crippen MR) is 170 cm³/mol. The molecule has 0 fully saturated rings. The number of carbonyl (C=O) groups excluding carboxylic acids is 1. The summed E-state index contributed by atoms with van der Waals surface area (Å²) in [6, 6.07) is 24.1. The summed E-state index contributed by atoms with van der Waals surface area (Å²) < 4.78 is 21.0. The maximum Gasteiger partial charge on any atom is 0.255 e. The molecule has 4 N–H and O–H groups in total. The first kappa shape index (κ1) is 28.2. The van der Waals surface area contributed by atoms with Gasteiger partial charge in [-0.3, -0.25) is 24.5 Å². The Morgan fingerprint density at radius 1 is 1.04 bits per heavy atom. The number of ether oxygens (including phenoxy) is 1. The van der Waals surface area contributed by atoms with Gasteiger partial charge in [0.25, 0.3) is 5.91 Å². The first-order valence-corrected chi connectivity index (χ1v) is 14.6. The number of halogens is 1. The number of nitrogen functional groups attached to an aromatic ring is 1. The molecule has 0 bridgehead atoms. The Bertz CT molecular complexity index is 2000. The molecule has 1 amide bonds. The van der Waals surface area contributed by atoms with Crippen LogP contribution in [0.1, 0.15) is 27.2 Å². The largest absolute Gasteiger partial charge is 0.496 e. The summed E-state index contributed by atoms with van der Waals surface area (Å²) in [6.07, 6.45) is 1.81. The van der Waals surface area contributed by atoms with Gasteiger partial charge in [-0.1, -0.05) is 54.6 Å². The minimum Gasteiger partial charge on any atom is -0.496 e. The molecule has 0 saturated carbocycles. The van der Waals surface area contributed by atoms with Crippen molar-refractivity contribution < 1.29 is 13.9 Å². The fourth-order valence-corrected chi connectivity index (χ4v) is 5.81. The summed E-state index contributed by atoms with van der Waals surface area (Å²) in [6.45, 7) is 3.69. The van der Waals surface area contributed by atoms with Crippen LogP contribution in [0.5, 0.6) is 5.75 Å². The average molecular weight is 603 g/mol. The van der Waals surface area contributed by atoms with Crippen LogP contribution in [-0.2, 0) is 26.2 Å². The van der Waals surface area contributed by atoms with E-state index in [1.807, 2.05) is 36.5 Å². The van der Waals surface area contributed by atoms with Crippen molar-refractivity contribution in [3.05, 3.63) is 113 Å². The summed E-state index contributed by atoms with van der Waals surface area (Å²) in [5.74, 6) is -0.272. The molecule has 0 radical (unpaired) electrons. The average Bonchev–Trinajstić information content (AvgIpc) is 3.67. The number of hydrogen-bond acceptors (Lipinski definition) is 7. The van der Waals surface area contributed by atoms with Crippen molar-refractivity contribution in [3.8, 4) is 28.3 Å². The number of nitrogens with one attached hydrogen (secondary N) is 2. The third-order valence-electron chi connectivity index (χ3n) is 8.11. The van der Waals surface area contributed by atoms with E-state index in [1.54, 1.807) is 0 Å². The third kappa shape index (κ3) is 5.61. The molecule has 7 rings (SSSR count). The van der Waals surface area contributed by atoms with Gasteiger partial charge in [-0.25, -0.2) is 4.39 Å². The lowest BCUT2D eigenvalue weighted by Crippen LogP contribution is -2.33. The van der Waals surface area contributed by atoms with Gasteiger partial charge in [-0.2, -0.15) is 10.2 Å². The number of nitrogens with two attached hydrogens (primary N) is 1. The lowest BCUT2D eigenvalue weighted by molar-refractivity contribution is 0.0947. The number of anilines is 1. The van der Waals surface area contributed by atoms with Gasteiger partial charge in [-0.15, -0.1) is 0 Å². The number of H-pyrrole nitrogens is 1. The van der Waals surface area contributed by atoms with Crippen LogP contribution >= 0.6 is 0 Å². The second kappa shape index (κ2) is 11.9. The van der Waals surface area contributed by atoms with Gasteiger partial charge in [0.1, 0.15) is 11.6 Å². The summed E-state index contributed by atoms with van der Waals surface area (Å²) in [7, 11) is 1.44. The highest BCUT2D eigenvalue weighted by Crippen LogP contribution is 2.36. The molecule has 4 heterocycles. The number of nitrogens with zero attached hydrogens (tertiary/aromatic N) is 5. The van der Waals surface area contributed by atoms with E-state index in [2.05, 4.69) is 55.4 Å². The number of aromatic nitrogens is 5. The molecule has 3 aromatic heterocycles. The Labute approximate surface area is 258 Å². The molecule has 45 heavy (non-hydrogen) atoms. The van der Waals surface area contributed by atoms with Crippen molar-refractivity contribution >= 4 is 22.6 Å². The van der Waals surface area contributed by atoms with Gasteiger partial charge in [0.15, 0.2) is 5.82 Å². The van der Waals surface area contributed by atoms with E-state index in [-0.39, 0.29) is 12.1 Å². The van der Waals surface area contributed by atoms with Crippen molar-refractivity contribution in [2.45, 2.75) is 26.2 Å². The van der Waals surface area contributed by atoms with E-state index in [1.165, 1.54) is 24.8 Å². The predicted octanol–water partition coefficient (Wildman–Crippen LogP) is 5.16. The molecule has 0 atom stereocenters. The lowest BCUT2D eigenvalue weighted by Gasteiger charge is -2.27. The number of hydrogen-bond donors (Lipinski definition) is 3. The monoisotopic (exact) mass is 602 g/mol. The molecule has 1 aliphatic rings. The van der Waals surface area contributed by atoms with Gasteiger partial charge < -0.3 is 15.8 Å². The van der Waals surface area contributed by atoms with Gasteiger partial charge in [0.05, 0.1) is 47.2 Å². The van der Waals surface area contributed by atoms with E-state index in [0.29, 0.717) is 17.3 Å². The number of methoxy groups -OCH3 is 1. The molecular weight excluding hydrogens is 571 g/mol. The standard InChI is InChI=1S/C34H31FN8O2/c1-45-29-12-11-24(35)15-26(29)34(44)38-17-21-7-9-23(10-8-21)31-30-32(39-40-33(30)36)27(18-37-31)28-16-25-20-42(13-14-43(25)41-28)19-22-5-3-2-4-6-22/h2-12,15-16,18H,13-14,17,19-20H2,1H3,(H,38,44)(H3,36,39,40). The second-order valence-electron chi connectivity index (χ2n) is 11.0. The third-order valence-corrected chi connectivity index (χ3v) is 8.11. The van der Waals surface area contributed by atoms with Crippen molar-refractivity contribution in [2.75, 3.05) is 19.4 Å². The van der Waals surface area contributed by atoms with E-state index in [9.17, 15) is 9.18 Å². The number of amides is 1. The number of aromatic amines is 1. The highest BCUT2D eigenvalue weighted by atomic mass is 19.1. The van der Waals surface area contributed by atoms with E-state index < -0.39 is 11.7 Å². The molecule has 10 nitrogen and oxygen atoms in total. The van der Waals surface area contributed by atoms with Crippen LogP contribution in [0.3, 0.4) is 0 Å². The van der Waals surface area contributed by atoms with E-state index >= 15 is 0 Å². The summed E-state index contributed by atoms with van der Waals surface area (Å²) in [4.78, 5) is 19.9. The number of benzene rings is 3. The highest BCUT2D eigenvalue weighted by molar-refractivity contribution is 6.05. The van der Waals surface area contributed by atoms with Gasteiger partial charge in [0.2, 0.25) is 0 Å². The Morgan fingerprint density at radius 3 is 2.67 bits per heavy atom. The normalized spacial score (nSPS) is 13.1. The van der Waals surface area contributed by atoms with Crippen molar-refractivity contribution in [3.63, 3.8) is 0 Å². The molecule has 1 aliphatic heterocycles. The molecule has 11 heteroatoms. The quantitative estimate of drug-likeness (QED) is 0.220. The van der Waals surface area contributed by atoms with Crippen LogP contribution in [0.15, 0.2) is 85.1 Å². The number of carbonyl (C=O) groups is 1. The molecule has 6 aromatic rings. The molecule has 3 aromatic carbocycles. The summed E-state index contributed by atoms with van der Waals surface area (Å²) in [5.41, 5.74) is 13.8. The SMILES string of the molecule is COc1ccc(F)cc1C(=O)NCc1ccc(-c2ncc(-c3cc4n(n3)CCN(Cc3ccccc3)C4)c3[nH]nc(N)c23)cc1. The number of pyridine rings is 1. The molecular formula is C34H31FN8O2. The fourth-order valence-electron chi connectivity index (χ4n) is 5.81. The number of fused-ring (bicyclic) bond motifs is 2. The van der Waals surface area contributed by atoms with Crippen LogP contribution in [0, 0.1) is 5.82 Å². The molecule has 0 saturated heterocycles. The Morgan fingerprint density at radius 2 is 1.87 bits per heavy atom. The lowest BCUT2D eigenvalue weighted by atomic mass is 10.0. The van der Waals surface area contributed by atoms with Crippen LogP contribution in [0.2, 0.25) is 0 Å². The molecule has 0 spiro atoms. The molecule has 0 unspecified atom stereocenters. The van der Waals surface area contributed by atoms with E-state index in [4.69, 9.17) is 20.6 Å². The topological polar surface area (TPSA) is 127 Å².